The van der Waals surface area contributed by atoms with Crippen LogP contribution in [-0.4, -0.2) is 41.9 Å². The normalized spacial score (nSPS) is 18.8. The Morgan fingerprint density at radius 1 is 1.28 bits per heavy atom. The molecule has 0 saturated carbocycles. The molecule has 0 aliphatic carbocycles. The smallest absolute Gasteiger partial charge is 0.450 e. The lowest BCUT2D eigenvalue weighted by Gasteiger charge is -2.36. The molecule has 1 saturated heterocycles. The van der Waals surface area contributed by atoms with Gasteiger partial charge in [0.05, 0.1) is 13.2 Å². The zero-order valence-corrected chi connectivity index (χ0v) is 10.8. The lowest BCUT2D eigenvalue weighted by Crippen LogP contribution is -2.55. The lowest BCUT2D eigenvalue weighted by atomic mass is 10.0. The number of ether oxygens (including phenoxy) is 3. The van der Waals surface area contributed by atoms with Crippen molar-refractivity contribution in [2.24, 2.45) is 0 Å². The second-order valence-electron chi connectivity index (χ2n) is 5.10. The molecule has 0 radical (unpaired) electrons. The first-order valence-electron chi connectivity index (χ1n) is 5.73. The maximum atomic E-state index is 11.7. The molecule has 1 heterocycles. The summed E-state index contributed by atoms with van der Waals surface area (Å²) >= 11 is 0. The van der Waals surface area contributed by atoms with Gasteiger partial charge in [0, 0.05) is 12.8 Å². The molecule has 0 unspecified atom stereocenters. The topological polar surface area (TPSA) is 94.1 Å². The fourth-order valence-corrected chi connectivity index (χ4v) is 1.61. The van der Waals surface area contributed by atoms with Gasteiger partial charge in [0.15, 0.2) is 5.72 Å². The molecule has 1 rings (SSSR count). The van der Waals surface area contributed by atoms with Crippen molar-refractivity contribution >= 4 is 12.2 Å². The summed E-state index contributed by atoms with van der Waals surface area (Å²) in [5.74, 6) is 0. The molecule has 1 fully saturated rings. The van der Waals surface area contributed by atoms with Crippen LogP contribution in [0.15, 0.2) is 0 Å². The molecule has 0 aromatic rings. The van der Waals surface area contributed by atoms with E-state index in [1.54, 1.807) is 20.8 Å². The SMILES string of the molecule is CC(C)(C)OC(=O)NC1(OC(=O)O)CCOCC1. The predicted octanol–water partition coefficient (Wildman–Crippen LogP) is 1.71. The van der Waals surface area contributed by atoms with Gasteiger partial charge in [-0.2, -0.15) is 0 Å². The monoisotopic (exact) mass is 261 g/mol. The summed E-state index contributed by atoms with van der Waals surface area (Å²) in [5, 5.41) is 11.2. The van der Waals surface area contributed by atoms with Crippen molar-refractivity contribution in [2.45, 2.75) is 44.9 Å². The Morgan fingerprint density at radius 2 is 1.83 bits per heavy atom. The van der Waals surface area contributed by atoms with Crippen LogP contribution in [0.3, 0.4) is 0 Å². The van der Waals surface area contributed by atoms with Crippen LogP contribution in [0.25, 0.3) is 0 Å². The van der Waals surface area contributed by atoms with Crippen LogP contribution in [0.1, 0.15) is 33.6 Å². The average molecular weight is 261 g/mol. The fraction of sp³-hybridized carbons (Fsp3) is 0.818. The van der Waals surface area contributed by atoms with Crippen LogP contribution in [0.5, 0.6) is 0 Å². The van der Waals surface area contributed by atoms with E-state index in [1.165, 1.54) is 0 Å². The largest absolute Gasteiger partial charge is 0.507 e. The van der Waals surface area contributed by atoms with Crippen LogP contribution in [0.2, 0.25) is 0 Å². The van der Waals surface area contributed by atoms with Crippen molar-refractivity contribution in [3.63, 3.8) is 0 Å². The van der Waals surface area contributed by atoms with Crippen molar-refractivity contribution in [3.05, 3.63) is 0 Å². The summed E-state index contributed by atoms with van der Waals surface area (Å²) in [4.78, 5) is 22.4. The lowest BCUT2D eigenvalue weighted by molar-refractivity contribution is -0.103. The zero-order valence-electron chi connectivity index (χ0n) is 10.8. The Balaban J connectivity index is 2.66. The van der Waals surface area contributed by atoms with Gasteiger partial charge in [-0.15, -0.1) is 0 Å². The van der Waals surface area contributed by atoms with Gasteiger partial charge in [0.1, 0.15) is 5.60 Å². The number of rotatable bonds is 2. The maximum absolute atomic E-state index is 11.7. The minimum atomic E-state index is -1.44. The van der Waals surface area contributed by atoms with E-state index in [1.807, 2.05) is 0 Å². The molecule has 1 amide bonds. The molecule has 104 valence electrons. The second-order valence-corrected chi connectivity index (χ2v) is 5.10. The van der Waals surface area contributed by atoms with Gasteiger partial charge in [-0.25, -0.2) is 9.59 Å². The molecule has 7 heteroatoms. The zero-order chi connectivity index (χ0) is 13.8. The summed E-state index contributed by atoms with van der Waals surface area (Å²) in [6, 6.07) is 0. The van der Waals surface area contributed by atoms with E-state index in [9.17, 15) is 9.59 Å². The van der Waals surface area contributed by atoms with Crippen molar-refractivity contribution in [3.8, 4) is 0 Å². The van der Waals surface area contributed by atoms with Crippen molar-refractivity contribution in [1.82, 2.24) is 5.32 Å². The maximum Gasteiger partial charge on any atom is 0.507 e. The highest BCUT2D eigenvalue weighted by Gasteiger charge is 2.39. The minimum absolute atomic E-state index is 0.262. The summed E-state index contributed by atoms with van der Waals surface area (Å²) in [6.07, 6.45) is -1.62. The highest BCUT2D eigenvalue weighted by atomic mass is 16.7. The molecule has 0 bridgehead atoms. The van der Waals surface area contributed by atoms with E-state index < -0.39 is 23.6 Å². The highest BCUT2D eigenvalue weighted by molar-refractivity contribution is 5.69. The Kier molecular flexibility index (Phi) is 4.39. The van der Waals surface area contributed by atoms with Gasteiger partial charge in [0.2, 0.25) is 0 Å². The van der Waals surface area contributed by atoms with Crippen molar-refractivity contribution in [1.29, 1.82) is 0 Å². The summed E-state index contributed by atoms with van der Waals surface area (Å²) in [7, 11) is 0. The fourth-order valence-electron chi connectivity index (χ4n) is 1.61. The highest BCUT2D eigenvalue weighted by Crippen LogP contribution is 2.23. The Hall–Kier alpha value is -1.50. The van der Waals surface area contributed by atoms with Gasteiger partial charge in [-0.3, -0.25) is 5.32 Å². The molecule has 0 aromatic carbocycles. The minimum Gasteiger partial charge on any atom is -0.450 e. The van der Waals surface area contributed by atoms with Crippen LogP contribution >= 0.6 is 0 Å². The Morgan fingerprint density at radius 3 is 2.28 bits per heavy atom. The number of carbonyl (C=O) groups excluding carboxylic acids is 1. The first-order valence-corrected chi connectivity index (χ1v) is 5.73. The van der Waals surface area contributed by atoms with Crippen LogP contribution in [0, 0.1) is 0 Å². The molecule has 1 aliphatic heterocycles. The van der Waals surface area contributed by atoms with Crippen molar-refractivity contribution in [2.75, 3.05) is 13.2 Å². The van der Waals surface area contributed by atoms with Crippen LogP contribution in [-0.2, 0) is 14.2 Å². The van der Waals surface area contributed by atoms with Gasteiger partial charge in [0.25, 0.3) is 0 Å². The number of nitrogens with one attached hydrogen (secondary N) is 1. The third-order valence-corrected chi connectivity index (χ3v) is 2.31. The van der Waals surface area contributed by atoms with Gasteiger partial charge >= 0.3 is 12.2 Å². The molecule has 0 atom stereocenters. The molecular weight excluding hydrogens is 242 g/mol. The van der Waals surface area contributed by atoms with E-state index in [-0.39, 0.29) is 12.8 Å². The number of alkyl carbamates (subject to hydrolysis) is 1. The Labute approximate surface area is 105 Å². The van der Waals surface area contributed by atoms with Crippen LogP contribution in [0.4, 0.5) is 9.59 Å². The molecule has 18 heavy (non-hydrogen) atoms. The van der Waals surface area contributed by atoms with E-state index in [2.05, 4.69) is 5.32 Å². The third-order valence-electron chi connectivity index (χ3n) is 2.31. The second kappa shape index (κ2) is 5.43. The van der Waals surface area contributed by atoms with Gasteiger partial charge < -0.3 is 19.3 Å². The molecule has 0 aromatic heterocycles. The van der Waals surface area contributed by atoms with Gasteiger partial charge in [-0.05, 0) is 20.8 Å². The molecule has 7 nitrogen and oxygen atoms in total. The van der Waals surface area contributed by atoms with Gasteiger partial charge in [-0.1, -0.05) is 0 Å². The molecule has 0 spiro atoms. The number of hydrogen-bond acceptors (Lipinski definition) is 5. The number of amides is 1. The van der Waals surface area contributed by atoms with Crippen molar-refractivity contribution < 1.29 is 28.9 Å². The Bertz CT molecular complexity index is 316. The summed E-state index contributed by atoms with van der Waals surface area (Å²) in [6.45, 7) is 5.82. The van der Waals surface area contributed by atoms with E-state index in [4.69, 9.17) is 19.3 Å². The number of carbonyl (C=O) groups is 2. The quantitative estimate of drug-likeness (QED) is 0.580. The summed E-state index contributed by atoms with van der Waals surface area (Å²) in [5.41, 5.74) is -1.91. The number of carboxylic acid groups (broad SMARTS) is 1. The van der Waals surface area contributed by atoms with E-state index in [0.717, 1.165) is 0 Å². The summed E-state index contributed by atoms with van der Waals surface area (Å²) < 4.78 is 15.0. The van der Waals surface area contributed by atoms with E-state index >= 15 is 0 Å². The molecule has 2 N–H and O–H groups in total. The third kappa shape index (κ3) is 4.79. The molecule has 1 aliphatic rings. The standard InChI is InChI=1S/C11H19NO6/c1-10(2,3)17-8(13)12-11(18-9(14)15)4-6-16-7-5-11/h4-7H2,1-3H3,(H,12,13)(H,14,15). The first-order chi connectivity index (χ1) is 8.22. The van der Waals surface area contributed by atoms with E-state index in [0.29, 0.717) is 13.2 Å². The predicted molar refractivity (Wildman–Crippen MR) is 61.3 cm³/mol. The molecular formula is C11H19NO6. The average Bonchev–Trinajstić information content (AvgIpc) is 2.13. The first kappa shape index (κ1) is 14.6. The van der Waals surface area contributed by atoms with Crippen LogP contribution < -0.4 is 5.32 Å². The number of hydrogen-bond donors (Lipinski definition) is 2.